The summed E-state index contributed by atoms with van der Waals surface area (Å²) in [5.74, 6) is 0.616. The molecule has 0 saturated heterocycles. The van der Waals surface area contributed by atoms with Crippen molar-refractivity contribution in [2.24, 2.45) is 0 Å². The Morgan fingerprint density at radius 1 is 0.833 bits per heavy atom. The second-order valence-electron chi connectivity index (χ2n) is 6.41. The molecule has 4 aromatic rings. The van der Waals surface area contributed by atoms with Crippen molar-refractivity contribution in [3.05, 3.63) is 83.3 Å². The highest BCUT2D eigenvalue weighted by Crippen LogP contribution is 2.33. The van der Waals surface area contributed by atoms with E-state index in [-0.39, 0.29) is 16.3 Å². The number of hydrogen-bond acceptors (Lipinski definition) is 6. The van der Waals surface area contributed by atoms with Crippen LogP contribution in [-0.2, 0) is 10.0 Å². The van der Waals surface area contributed by atoms with E-state index in [9.17, 15) is 13.2 Å². The molecule has 1 heterocycles. The predicted molar refractivity (Wildman–Crippen MR) is 114 cm³/mol. The van der Waals surface area contributed by atoms with Gasteiger partial charge in [-0.15, -0.1) is 0 Å². The van der Waals surface area contributed by atoms with E-state index in [4.69, 9.17) is 9.47 Å². The Hall–Kier alpha value is -3.65. The number of ether oxygens (including phenoxy) is 2. The van der Waals surface area contributed by atoms with Gasteiger partial charge in [0, 0.05) is 17.0 Å². The summed E-state index contributed by atoms with van der Waals surface area (Å²) in [7, 11) is -1.43. The van der Waals surface area contributed by atoms with Crippen LogP contribution in [0.3, 0.4) is 0 Å². The Balaban J connectivity index is 2.08. The predicted octanol–water partition coefficient (Wildman–Crippen LogP) is 3.32. The molecule has 30 heavy (non-hydrogen) atoms. The van der Waals surface area contributed by atoms with Gasteiger partial charge >= 0.3 is 5.69 Å². The van der Waals surface area contributed by atoms with Gasteiger partial charge in [-0.25, -0.2) is 13.2 Å². The van der Waals surface area contributed by atoms with Gasteiger partial charge in [0.2, 0.25) is 0 Å². The molecule has 1 aromatic heterocycles. The van der Waals surface area contributed by atoms with Crippen molar-refractivity contribution in [2.75, 3.05) is 14.2 Å². The molecule has 4 rings (SSSR count). The number of methoxy groups -OCH3 is 2. The smallest absolute Gasteiger partial charge is 0.362 e. The second-order valence-corrected chi connectivity index (χ2v) is 8.20. The van der Waals surface area contributed by atoms with Gasteiger partial charge in [0.25, 0.3) is 10.0 Å². The van der Waals surface area contributed by atoms with E-state index in [2.05, 4.69) is 4.98 Å². The van der Waals surface area contributed by atoms with Crippen molar-refractivity contribution in [3.63, 3.8) is 0 Å². The van der Waals surface area contributed by atoms with Crippen LogP contribution in [0.5, 0.6) is 11.5 Å². The van der Waals surface area contributed by atoms with Crippen LogP contribution >= 0.6 is 0 Å². The van der Waals surface area contributed by atoms with Gasteiger partial charge in [0.15, 0.2) is 11.5 Å². The van der Waals surface area contributed by atoms with Crippen LogP contribution in [0.25, 0.3) is 22.2 Å². The maximum Gasteiger partial charge on any atom is 0.362 e. The van der Waals surface area contributed by atoms with Gasteiger partial charge in [-0.05, 0) is 18.2 Å². The summed E-state index contributed by atoms with van der Waals surface area (Å²) in [5.41, 5.74) is 0.362. The summed E-state index contributed by atoms with van der Waals surface area (Å²) in [5, 5.41) is 0.548. The van der Waals surface area contributed by atoms with Crippen molar-refractivity contribution in [1.29, 1.82) is 0 Å². The molecule has 0 aliphatic rings. The maximum absolute atomic E-state index is 13.6. The van der Waals surface area contributed by atoms with E-state index in [1.54, 1.807) is 48.5 Å². The third-order valence-electron chi connectivity index (χ3n) is 4.69. The van der Waals surface area contributed by atoms with E-state index in [1.165, 1.54) is 32.4 Å². The van der Waals surface area contributed by atoms with Crippen LogP contribution in [0.1, 0.15) is 0 Å². The topological polar surface area (TPSA) is 87.5 Å². The van der Waals surface area contributed by atoms with Crippen LogP contribution in [-0.4, -0.2) is 31.6 Å². The summed E-state index contributed by atoms with van der Waals surface area (Å²) in [4.78, 5) is 16.8. The monoisotopic (exact) mass is 422 g/mol. The zero-order valence-corrected chi connectivity index (χ0v) is 17.1. The fourth-order valence-electron chi connectivity index (χ4n) is 3.30. The first-order chi connectivity index (χ1) is 14.5. The number of benzene rings is 3. The SMILES string of the molecule is COc1ccc(S(=O)(=O)n2c(-c3ccccc3)c3ccccc3nc2=O)cc1OC. The zero-order chi connectivity index (χ0) is 21.3. The highest BCUT2D eigenvalue weighted by atomic mass is 32.2. The van der Waals surface area contributed by atoms with Gasteiger partial charge in [-0.3, -0.25) is 0 Å². The first-order valence-electron chi connectivity index (χ1n) is 9.02. The highest BCUT2D eigenvalue weighted by Gasteiger charge is 2.26. The second kappa shape index (κ2) is 7.64. The van der Waals surface area contributed by atoms with E-state index in [0.29, 0.717) is 22.2 Å². The minimum absolute atomic E-state index is 0.114. The quantitative estimate of drug-likeness (QED) is 0.490. The first kappa shape index (κ1) is 19.7. The van der Waals surface area contributed by atoms with Gasteiger partial charge < -0.3 is 9.47 Å². The van der Waals surface area contributed by atoms with Crippen molar-refractivity contribution in [3.8, 4) is 22.8 Å². The standard InChI is InChI=1S/C22H18N2O5S/c1-28-19-13-12-16(14-20(19)29-2)30(26,27)24-21(15-8-4-3-5-9-15)17-10-6-7-11-18(17)23-22(24)25/h3-14H,1-2H3. The van der Waals surface area contributed by atoms with Crippen molar-refractivity contribution in [2.45, 2.75) is 4.90 Å². The lowest BCUT2D eigenvalue weighted by Crippen LogP contribution is -2.31. The number of para-hydroxylation sites is 1. The van der Waals surface area contributed by atoms with Crippen LogP contribution in [0.15, 0.2) is 82.5 Å². The molecule has 0 amide bonds. The summed E-state index contributed by atoms with van der Waals surface area (Å²) in [6, 6.07) is 20.0. The lowest BCUT2D eigenvalue weighted by Gasteiger charge is -2.16. The Morgan fingerprint density at radius 3 is 2.20 bits per heavy atom. The van der Waals surface area contributed by atoms with Gasteiger partial charge in [-0.1, -0.05) is 48.5 Å². The Kier molecular flexibility index (Phi) is 5.01. The van der Waals surface area contributed by atoms with Crippen LogP contribution < -0.4 is 15.2 Å². The number of rotatable bonds is 5. The van der Waals surface area contributed by atoms with Crippen LogP contribution in [0.2, 0.25) is 0 Å². The van der Waals surface area contributed by atoms with Gasteiger partial charge in [-0.2, -0.15) is 8.96 Å². The number of hydrogen-bond donors (Lipinski definition) is 0. The lowest BCUT2D eigenvalue weighted by atomic mass is 10.1. The number of fused-ring (bicyclic) bond motifs is 1. The van der Waals surface area contributed by atoms with Crippen molar-refractivity contribution >= 4 is 20.9 Å². The van der Waals surface area contributed by atoms with Crippen LogP contribution in [0.4, 0.5) is 0 Å². The molecular weight excluding hydrogens is 404 g/mol. The molecule has 8 heteroatoms. The summed E-state index contributed by atoms with van der Waals surface area (Å²) >= 11 is 0. The van der Waals surface area contributed by atoms with Crippen molar-refractivity contribution in [1.82, 2.24) is 8.96 Å². The first-order valence-corrected chi connectivity index (χ1v) is 10.5. The molecule has 0 saturated carbocycles. The molecule has 0 unspecified atom stereocenters. The summed E-state index contributed by atoms with van der Waals surface area (Å²) < 4.78 is 38.3. The Bertz CT molecular complexity index is 1400. The molecule has 3 aromatic carbocycles. The molecule has 0 fully saturated rings. The molecule has 7 nitrogen and oxygen atoms in total. The number of nitrogens with zero attached hydrogens (tertiary/aromatic N) is 2. The zero-order valence-electron chi connectivity index (χ0n) is 16.3. The Morgan fingerprint density at radius 2 is 1.50 bits per heavy atom. The van der Waals surface area contributed by atoms with Gasteiger partial charge in [0.1, 0.15) is 0 Å². The third-order valence-corrected chi connectivity index (χ3v) is 6.36. The molecule has 0 radical (unpaired) electrons. The summed E-state index contributed by atoms with van der Waals surface area (Å²) in [6.45, 7) is 0. The summed E-state index contributed by atoms with van der Waals surface area (Å²) in [6.07, 6.45) is 0. The molecule has 0 spiro atoms. The lowest BCUT2D eigenvalue weighted by molar-refractivity contribution is 0.354. The fourth-order valence-corrected chi connectivity index (χ4v) is 4.70. The molecule has 0 bridgehead atoms. The fraction of sp³-hybridized carbons (Fsp3) is 0.0909. The van der Waals surface area contributed by atoms with Crippen molar-refractivity contribution < 1.29 is 17.9 Å². The van der Waals surface area contributed by atoms with Gasteiger partial charge in [0.05, 0.1) is 30.3 Å². The molecule has 0 aliphatic carbocycles. The maximum atomic E-state index is 13.6. The normalized spacial score (nSPS) is 11.4. The molecule has 0 aliphatic heterocycles. The molecular formula is C22H18N2O5S. The largest absolute Gasteiger partial charge is 0.493 e. The average molecular weight is 422 g/mol. The Labute approximate surface area is 173 Å². The minimum atomic E-state index is -4.29. The minimum Gasteiger partial charge on any atom is -0.493 e. The van der Waals surface area contributed by atoms with E-state index in [1.807, 2.05) is 6.07 Å². The average Bonchev–Trinajstić information content (AvgIpc) is 2.78. The number of aromatic nitrogens is 2. The molecule has 0 atom stereocenters. The molecule has 0 N–H and O–H groups in total. The van der Waals surface area contributed by atoms with E-state index in [0.717, 1.165) is 3.97 Å². The highest BCUT2D eigenvalue weighted by molar-refractivity contribution is 7.90. The third kappa shape index (κ3) is 3.21. The van der Waals surface area contributed by atoms with E-state index >= 15 is 0 Å². The molecule has 152 valence electrons. The van der Waals surface area contributed by atoms with Crippen LogP contribution in [0, 0.1) is 0 Å². The van der Waals surface area contributed by atoms with E-state index < -0.39 is 15.7 Å².